The number of imidazole rings is 1. The molecule has 3 N–H and O–H groups in total. The van der Waals surface area contributed by atoms with Gasteiger partial charge in [0.2, 0.25) is 0 Å². The van der Waals surface area contributed by atoms with Crippen LogP contribution in [0.3, 0.4) is 0 Å². The van der Waals surface area contributed by atoms with Crippen LogP contribution in [0.25, 0.3) is 0 Å². The minimum Gasteiger partial charge on any atom is -0.337 e. The standard InChI is InChI=1S/C6H12N4/c7-9-2-1-4-10-5-3-8-6-10/h3,5-6,9H,1-2,4,7H2. The Hall–Kier alpha value is -0.870. The maximum absolute atomic E-state index is 5.09. The van der Waals surface area contributed by atoms with E-state index in [-0.39, 0.29) is 0 Å². The fraction of sp³-hybridized carbons (Fsp3) is 0.500. The lowest BCUT2D eigenvalue weighted by Crippen LogP contribution is -2.23. The third kappa shape index (κ3) is 2.16. The Morgan fingerprint density at radius 1 is 1.60 bits per heavy atom. The van der Waals surface area contributed by atoms with E-state index in [1.54, 1.807) is 12.5 Å². The molecule has 0 aliphatic carbocycles. The van der Waals surface area contributed by atoms with Gasteiger partial charge in [0.25, 0.3) is 0 Å². The molecule has 56 valence electrons. The van der Waals surface area contributed by atoms with Crippen LogP contribution in [0.4, 0.5) is 0 Å². The molecule has 0 atom stereocenters. The molecule has 0 aliphatic rings. The Morgan fingerprint density at radius 3 is 3.10 bits per heavy atom. The molecule has 0 aliphatic heterocycles. The molecule has 1 heterocycles. The smallest absolute Gasteiger partial charge is 0.0945 e. The molecule has 0 saturated carbocycles. The van der Waals surface area contributed by atoms with Crippen molar-refractivity contribution in [1.82, 2.24) is 15.0 Å². The molecule has 0 saturated heterocycles. The Kier molecular flexibility index (Phi) is 2.92. The number of aryl methyl sites for hydroxylation is 1. The van der Waals surface area contributed by atoms with Crippen molar-refractivity contribution in [3.63, 3.8) is 0 Å². The van der Waals surface area contributed by atoms with E-state index in [1.165, 1.54) is 0 Å². The molecule has 1 rings (SSSR count). The first kappa shape index (κ1) is 7.24. The van der Waals surface area contributed by atoms with Gasteiger partial charge in [-0.15, -0.1) is 0 Å². The molecule has 0 fully saturated rings. The molecule has 4 heteroatoms. The highest BCUT2D eigenvalue weighted by Gasteiger charge is 1.87. The van der Waals surface area contributed by atoms with Crippen molar-refractivity contribution in [3.8, 4) is 0 Å². The quantitative estimate of drug-likeness (QED) is 0.344. The molecule has 0 amide bonds. The van der Waals surface area contributed by atoms with E-state index >= 15 is 0 Å². The van der Waals surface area contributed by atoms with Crippen molar-refractivity contribution in [1.29, 1.82) is 0 Å². The number of hydrogen-bond donors (Lipinski definition) is 2. The number of rotatable bonds is 4. The van der Waals surface area contributed by atoms with Crippen molar-refractivity contribution < 1.29 is 0 Å². The molecule has 0 aromatic carbocycles. The van der Waals surface area contributed by atoms with E-state index in [9.17, 15) is 0 Å². The fourth-order valence-electron chi connectivity index (χ4n) is 0.783. The first-order valence-corrected chi connectivity index (χ1v) is 3.32. The SMILES string of the molecule is NNCCCn1ccnc1. The summed E-state index contributed by atoms with van der Waals surface area (Å²) in [6.45, 7) is 1.82. The fourth-order valence-corrected chi connectivity index (χ4v) is 0.783. The first-order valence-electron chi connectivity index (χ1n) is 3.32. The summed E-state index contributed by atoms with van der Waals surface area (Å²) >= 11 is 0. The lowest BCUT2D eigenvalue weighted by atomic mass is 10.4. The van der Waals surface area contributed by atoms with E-state index in [2.05, 4.69) is 10.4 Å². The van der Waals surface area contributed by atoms with Gasteiger partial charge in [-0.25, -0.2) is 4.98 Å². The van der Waals surface area contributed by atoms with Crippen molar-refractivity contribution >= 4 is 0 Å². The molecule has 1 aromatic heterocycles. The van der Waals surface area contributed by atoms with Crippen LogP contribution < -0.4 is 11.3 Å². The van der Waals surface area contributed by atoms with Gasteiger partial charge in [-0.05, 0) is 6.42 Å². The van der Waals surface area contributed by atoms with Crippen molar-refractivity contribution in [2.75, 3.05) is 6.54 Å². The minimum atomic E-state index is 0.845. The molecule has 0 radical (unpaired) electrons. The van der Waals surface area contributed by atoms with Gasteiger partial charge in [-0.1, -0.05) is 0 Å². The summed E-state index contributed by atoms with van der Waals surface area (Å²) in [7, 11) is 0. The van der Waals surface area contributed by atoms with Gasteiger partial charge in [0.05, 0.1) is 6.33 Å². The average molecular weight is 140 g/mol. The summed E-state index contributed by atoms with van der Waals surface area (Å²) in [5, 5.41) is 0. The number of aromatic nitrogens is 2. The van der Waals surface area contributed by atoms with Crippen LogP contribution in [0.15, 0.2) is 18.7 Å². The Bertz CT molecular complexity index is 158. The largest absolute Gasteiger partial charge is 0.337 e. The van der Waals surface area contributed by atoms with E-state index in [0.717, 1.165) is 19.5 Å². The summed E-state index contributed by atoms with van der Waals surface area (Å²) in [5.41, 5.74) is 2.60. The lowest BCUT2D eigenvalue weighted by Gasteiger charge is -1.99. The maximum atomic E-state index is 5.09. The van der Waals surface area contributed by atoms with Gasteiger partial charge >= 0.3 is 0 Å². The lowest BCUT2D eigenvalue weighted by molar-refractivity contribution is 0.594. The van der Waals surface area contributed by atoms with Crippen LogP contribution in [-0.2, 0) is 6.54 Å². The second-order valence-corrected chi connectivity index (χ2v) is 2.11. The zero-order chi connectivity index (χ0) is 7.23. The monoisotopic (exact) mass is 140 g/mol. The van der Waals surface area contributed by atoms with Crippen LogP contribution in [0, 0.1) is 0 Å². The summed E-state index contributed by atoms with van der Waals surface area (Å²) < 4.78 is 2.03. The Balaban J connectivity index is 2.15. The van der Waals surface area contributed by atoms with Gasteiger partial charge in [0, 0.05) is 25.5 Å². The average Bonchev–Trinajstić information content (AvgIpc) is 2.41. The second kappa shape index (κ2) is 4.03. The highest BCUT2D eigenvalue weighted by molar-refractivity contribution is 4.73. The predicted molar refractivity (Wildman–Crippen MR) is 39.0 cm³/mol. The highest BCUT2D eigenvalue weighted by Crippen LogP contribution is 1.87. The van der Waals surface area contributed by atoms with Crippen molar-refractivity contribution in [3.05, 3.63) is 18.7 Å². The van der Waals surface area contributed by atoms with Crippen LogP contribution in [0.2, 0.25) is 0 Å². The van der Waals surface area contributed by atoms with Gasteiger partial charge in [0.1, 0.15) is 0 Å². The van der Waals surface area contributed by atoms with Crippen molar-refractivity contribution in [2.24, 2.45) is 5.84 Å². The number of nitrogens with zero attached hydrogens (tertiary/aromatic N) is 2. The zero-order valence-corrected chi connectivity index (χ0v) is 5.83. The topological polar surface area (TPSA) is 55.9 Å². The van der Waals surface area contributed by atoms with E-state index < -0.39 is 0 Å². The van der Waals surface area contributed by atoms with Crippen LogP contribution in [-0.4, -0.2) is 16.1 Å². The van der Waals surface area contributed by atoms with E-state index in [4.69, 9.17) is 5.84 Å². The first-order chi connectivity index (χ1) is 4.93. The summed E-state index contributed by atoms with van der Waals surface area (Å²) in [6.07, 6.45) is 6.55. The highest BCUT2D eigenvalue weighted by atomic mass is 15.2. The normalized spacial score (nSPS) is 10.1. The van der Waals surface area contributed by atoms with Gasteiger partial charge in [-0.3, -0.25) is 11.3 Å². The molecule has 0 unspecified atom stereocenters. The molecule has 4 nitrogen and oxygen atoms in total. The summed E-state index contributed by atoms with van der Waals surface area (Å²) in [5.74, 6) is 5.09. The Morgan fingerprint density at radius 2 is 2.50 bits per heavy atom. The molecular formula is C6H12N4. The number of nitrogens with one attached hydrogen (secondary N) is 1. The second-order valence-electron chi connectivity index (χ2n) is 2.11. The van der Waals surface area contributed by atoms with Crippen LogP contribution >= 0.6 is 0 Å². The number of nitrogens with two attached hydrogens (primary N) is 1. The molecular weight excluding hydrogens is 128 g/mol. The van der Waals surface area contributed by atoms with Gasteiger partial charge in [0.15, 0.2) is 0 Å². The third-order valence-electron chi connectivity index (χ3n) is 1.30. The molecule has 10 heavy (non-hydrogen) atoms. The Labute approximate surface area is 60.0 Å². The molecule has 0 spiro atoms. The van der Waals surface area contributed by atoms with E-state index in [0.29, 0.717) is 0 Å². The number of hydrazine groups is 1. The molecule has 1 aromatic rings. The summed E-state index contributed by atoms with van der Waals surface area (Å²) in [6, 6.07) is 0. The van der Waals surface area contributed by atoms with Gasteiger partial charge < -0.3 is 4.57 Å². The van der Waals surface area contributed by atoms with E-state index in [1.807, 2.05) is 10.8 Å². The maximum Gasteiger partial charge on any atom is 0.0945 e. The predicted octanol–water partition coefficient (Wildman–Crippen LogP) is -0.263. The molecule has 0 bridgehead atoms. The van der Waals surface area contributed by atoms with Gasteiger partial charge in [-0.2, -0.15) is 0 Å². The van der Waals surface area contributed by atoms with Crippen LogP contribution in [0.1, 0.15) is 6.42 Å². The third-order valence-corrected chi connectivity index (χ3v) is 1.30. The zero-order valence-electron chi connectivity index (χ0n) is 5.83. The number of hydrogen-bond acceptors (Lipinski definition) is 3. The van der Waals surface area contributed by atoms with Crippen LogP contribution in [0.5, 0.6) is 0 Å². The minimum absolute atomic E-state index is 0.845. The van der Waals surface area contributed by atoms with Crippen molar-refractivity contribution in [2.45, 2.75) is 13.0 Å². The summed E-state index contributed by atoms with van der Waals surface area (Å²) in [4.78, 5) is 3.91.